The van der Waals surface area contributed by atoms with Gasteiger partial charge in [0.05, 0.1) is 35.9 Å². The minimum atomic E-state index is -0.802. The van der Waals surface area contributed by atoms with Crippen molar-refractivity contribution in [2.45, 2.75) is 179 Å². The second-order valence-corrected chi connectivity index (χ2v) is 21.4. The van der Waals surface area contributed by atoms with E-state index in [0.29, 0.717) is 76.3 Å². The van der Waals surface area contributed by atoms with Crippen LogP contribution in [0.2, 0.25) is 10.0 Å². The van der Waals surface area contributed by atoms with Crippen molar-refractivity contribution in [1.29, 1.82) is 0 Å². The average molecular weight is 1090 g/mol. The van der Waals surface area contributed by atoms with E-state index in [1.54, 1.807) is 21.8 Å². The number of aliphatic hydroxyl groups is 1. The number of nitrogens with zero attached hydrogens (tertiary/aromatic N) is 8. The molecule has 12 rings (SSSR count). The van der Waals surface area contributed by atoms with Gasteiger partial charge in [-0.1, -0.05) is 66.5 Å². The van der Waals surface area contributed by atoms with E-state index in [0.717, 1.165) is 61.5 Å². The predicted octanol–water partition coefficient (Wildman–Crippen LogP) is 8.51. The van der Waals surface area contributed by atoms with Gasteiger partial charge in [0.1, 0.15) is 55.4 Å². The van der Waals surface area contributed by atoms with Crippen molar-refractivity contribution < 1.29 is 52.5 Å². The molecule has 3 N–H and O–H groups in total. The second kappa shape index (κ2) is 22.9. The number of nitrogens with one attached hydrogen (secondary N) is 2. The van der Waals surface area contributed by atoms with Crippen LogP contribution >= 0.6 is 23.2 Å². The lowest BCUT2D eigenvalue weighted by atomic mass is 10.1. The number of ether oxygens (including phenoxy) is 10. The summed E-state index contributed by atoms with van der Waals surface area (Å²) in [5.74, 6) is 0.761. The van der Waals surface area contributed by atoms with Gasteiger partial charge in [-0.25, -0.2) is 29.3 Å². The van der Waals surface area contributed by atoms with Gasteiger partial charge in [0.15, 0.2) is 59.6 Å². The van der Waals surface area contributed by atoms with Crippen molar-refractivity contribution in [3.05, 3.63) is 93.7 Å². The van der Waals surface area contributed by atoms with Crippen molar-refractivity contribution in [2.75, 3.05) is 30.5 Å². The van der Waals surface area contributed by atoms with Crippen LogP contribution in [-0.2, 0) is 73.7 Å². The molecule has 10 atom stereocenters. The number of halogens is 2. The molecule has 23 heteroatoms. The van der Waals surface area contributed by atoms with Gasteiger partial charge in [0, 0.05) is 36.3 Å². The molecule has 0 bridgehead atoms. The number of fused-ring (bicyclic) bond motifs is 4. The molecule has 6 aliphatic heterocycles. The fraction of sp³-hybridized carbons (Fsp3) is 0.585. The highest BCUT2D eigenvalue weighted by molar-refractivity contribution is 6.31. The largest absolute Gasteiger partial charge is 0.394 e. The first-order valence-electron chi connectivity index (χ1n) is 26.4. The van der Waals surface area contributed by atoms with Crippen LogP contribution in [0.25, 0.3) is 22.1 Å². The highest BCUT2D eigenvalue weighted by atomic mass is 35.5. The monoisotopic (exact) mass is 1090 g/mol. The van der Waals surface area contributed by atoms with Crippen LogP contribution in [0.5, 0.6) is 0 Å². The van der Waals surface area contributed by atoms with Gasteiger partial charge in [-0.3, -0.25) is 0 Å². The summed E-state index contributed by atoms with van der Waals surface area (Å²) in [5.41, 5.74) is 3.10. The number of anilines is 2. The van der Waals surface area contributed by atoms with Crippen LogP contribution in [-0.4, -0.2) is 125 Å². The maximum Gasteiger partial charge on any atom is 0.181 e. The van der Waals surface area contributed by atoms with Crippen molar-refractivity contribution in [3.8, 4) is 0 Å². The summed E-state index contributed by atoms with van der Waals surface area (Å²) >= 11 is 12.8. The molecule has 10 heterocycles. The van der Waals surface area contributed by atoms with Gasteiger partial charge in [-0.2, -0.15) is 10.2 Å². The molecule has 0 amide bonds. The Morgan fingerprint density at radius 2 is 1.07 bits per heavy atom. The molecule has 0 saturated carbocycles. The van der Waals surface area contributed by atoms with Crippen molar-refractivity contribution >= 4 is 56.9 Å². The van der Waals surface area contributed by atoms with Crippen LogP contribution in [0, 0.1) is 0 Å². The first-order valence-corrected chi connectivity index (χ1v) is 27.1. The van der Waals surface area contributed by atoms with Crippen LogP contribution in [0.15, 0.2) is 60.9 Å². The summed E-state index contributed by atoms with van der Waals surface area (Å²) in [6.45, 7) is 12.2. The summed E-state index contributed by atoms with van der Waals surface area (Å²) in [4.78, 5) is 19.2. The lowest BCUT2D eigenvalue weighted by Crippen LogP contribution is -2.31. The number of aromatic nitrogens is 8. The second-order valence-electron chi connectivity index (χ2n) is 20.6. The predicted molar refractivity (Wildman–Crippen MR) is 278 cm³/mol. The van der Waals surface area contributed by atoms with Gasteiger partial charge in [-0.15, -0.1) is 0 Å². The summed E-state index contributed by atoms with van der Waals surface area (Å²) < 4.78 is 64.2. The van der Waals surface area contributed by atoms with Crippen molar-refractivity contribution in [2.24, 2.45) is 0 Å². The fourth-order valence-electron chi connectivity index (χ4n) is 10.6. The number of aliphatic hydroxyl groups excluding tert-OH is 1. The van der Waals surface area contributed by atoms with Crippen molar-refractivity contribution in [3.63, 3.8) is 0 Å². The third kappa shape index (κ3) is 11.5. The summed E-state index contributed by atoms with van der Waals surface area (Å²) in [7, 11) is 0. The van der Waals surface area contributed by atoms with E-state index in [1.165, 1.54) is 0 Å². The summed E-state index contributed by atoms with van der Waals surface area (Å²) in [5, 5.41) is 28.9. The lowest BCUT2D eigenvalue weighted by molar-refractivity contribution is -0.201. The lowest BCUT2D eigenvalue weighted by Gasteiger charge is -2.24. The summed E-state index contributed by atoms with van der Waals surface area (Å²) in [6.07, 6.45) is 6.56. The molecule has 0 radical (unpaired) electrons. The summed E-state index contributed by atoms with van der Waals surface area (Å²) in [6, 6.07) is 15.4. The molecule has 2 unspecified atom stereocenters. The Bertz CT molecular complexity index is 2760. The Kier molecular flexibility index (Phi) is 16.1. The molecule has 76 heavy (non-hydrogen) atoms. The molecule has 6 saturated heterocycles. The quantitative estimate of drug-likeness (QED) is 0.0826. The first kappa shape index (κ1) is 53.3. The average Bonchev–Trinajstić information content (AvgIpc) is 4.31. The highest BCUT2D eigenvalue weighted by Crippen LogP contribution is 2.46. The van der Waals surface area contributed by atoms with Crippen LogP contribution in [0.1, 0.15) is 115 Å². The molecule has 6 aliphatic rings. The molecule has 21 nitrogen and oxygen atoms in total. The Morgan fingerprint density at radius 3 is 1.50 bits per heavy atom. The molecule has 408 valence electrons. The van der Waals surface area contributed by atoms with Crippen LogP contribution < -0.4 is 10.6 Å². The molecular formula is C53H66Cl2N10O11. The first-order chi connectivity index (χ1) is 36.8. The minimum absolute atomic E-state index is 0.100. The van der Waals surface area contributed by atoms with E-state index in [9.17, 15) is 5.11 Å². The van der Waals surface area contributed by atoms with E-state index >= 15 is 0 Å². The maximum absolute atomic E-state index is 9.93. The van der Waals surface area contributed by atoms with Gasteiger partial charge < -0.3 is 63.1 Å². The number of hydrogen-bond donors (Lipinski definition) is 3. The SMILES string of the molecule is CC1(C)O[C@@H]2[C@H](O1)[C@@H](CO)O[C@H]2n1ncc2c(NCc3ccccc3Cl)nc(COC3CCCCO3)nc21.CC[C@H]1O[C@@H](n2ncc3c(NCc4ccccc4Cl)nc(COC4CCCCO4)nc32)[C@@H]2OC(C)(C)O[C@@H]21. The Balaban J connectivity index is 0.000000162. The van der Waals surface area contributed by atoms with Gasteiger partial charge in [-0.05, 0) is 95.9 Å². The third-order valence-electron chi connectivity index (χ3n) is 14.2. The molecule has 0 aliphatic carbocycles. The topological polar surface area (TPSA) is 224 Å². The molecule has 4 aromatic heterocycles. The zero-order valence-electron chi connectivity index (χ0n) is 43.3. The zero-order chi connectivity index (χ0) is 52.6. The highest BCUT2D eigenvalue weighted by Gasteiger charge is 2.57. The van der Waals surface area contributed by atoms with Gasteiger partial charge >= 0.3 is 0 Å². The molecule has 0 spiro atoms. The normalized spacial score (nSPS) is 28.6. The van der Waals surface area contributed by atoms with Crippen molar-refractivity contribution in [1.82, 2.24) is 39.5 Å². The fourth-order valence-corrected chi connectivity index (χ4v) is 11.0. The van der Waals surface area contributed by atoms with Gasteiger partial charge in [0.2, 0.25) is 0 Å². The molecule has 6 fully saturated rings. The Morgan fingerprint density at radius 1 is 0.618 bits per heavy atom. The Labute approximate surface area is 450 Å². The van der Waals surface area contributed by atoms with E-state index in [1.807, 2.05) is 76.2 Å². The number of benzene rings is 2. The number of rotatable bonds is 16. The van der Waals surface area contributed by atoms with E-state index in [4.69, 9.17) is 95.6 Å². The molecule has 6 aromatic rings. The van der Waals surface area contributed by atoms with Crippen LogP contribution in [0.3, 0.4) is 0 Å². The van der Waals surface area contributed by atoms with Gasteiger partial charge in [0.25, 0.3) is 0 Å². The minimum Gasteiger partial charge on any atom is -0.394 e. The number of hydrogen-bond acceptors (Lipinski definition) is 19. The Hall–Kier alpha value is -4.72. The van der Waals surface area contributed by atoms with E-state index in [-0.39, 0.29) is 50.7 Å². The van der Waals surface area contributed by atoms with Crippen LogP contribution in [0.4, 0.5) is 11.6 Å². The maximum atomic E-state index is 9.93. The standard InChI is InChI=1S/C27H34ClN5O5.C26H32ClN5O6/c1-4-19-22-23(38-27(2,3)37-22)26(36-19)33-25-17(14-30-33)24(29-13-16-9-5-6-10-18(16)28)31-20(32-25)15-35-21-11-7-8-12-34-21;1-26(2)37-21-18(13-33)36-25(22(21)38-26)32-24-16(12-29-32)23(28-11-15-7-3-4-8-17(15)27)30-19(31-24)14-35-20-9-5-6-10-34-20/h5-6,9-10,14,19,21-23,26H,4,7-8,11-13,15H2,1-3H3,(H,29,31,32);3-4,7-8,12,18,20-22,25,33H,5-6,9-11,13-14H2,1-2H3,(H,28,30,31)/t19-,21?,22-,23-,26-;18-,20?,21-,22-,25-/m11/s1. The third-order valence-corrected chi connectivity index (χ3v) is 14.9. The zero-order valence-corrected chi connectivity index (χ0v) is 44.8. The molecule has 2 aromatic carbocycles. The smallest absolute Gasteiger partial charge is 0.181 e. The van der Waals surface area contributed by atoms with E-state index < -0.39 is 42.3 Å². The van der Waals surface area contributed by atoms with E-state index in [2.05, 4.69) is 22.7 Å². The molecular weight excluding hydrogens is 1020 g/mol.